The topological polar surface area (TPSA) is 127 Å². The molecule has 0 aliphatic heterocycles. The van der Waals surface area contributed by atoms with Crippen molar-refractivity contribution in [2.45, 2.75) is 13.1 Å². The summed E-state index contributed by atoms with van der Waals surface area (Å²) in [5.41, 5.74) is 0. The number of isocyanates is 4. The monoisotopic (exact) mass is 270 g/mol. The van der Waals surface area contributed by atoms with Crippen LogP contribution in [0.5, 0.6) is 0 Å². The van der Waals surface area contributed by atoms with Gasteiger partial charge in [-0.3, -0.25) is 0 Å². The predicted molar refractivity (Wildman–Crippen MR) is 56.8 cm³/mol. The van der Waals surface area contributed by atoms with Crippen LogP contribution in [-0.4, -0.2) is 41.6 Å². The van der Waals surface area contributed by atoms with Gasteiger partial charge in [0.2, 0.25) is 24.3 Å². The van der Waals surface area contributed by atoms with Gasteiger partial charge in [0.1, 0.15) is 0 Å². The van der Waals surface area contributed by atoms with E-state index in [0.29, 0.717) is 0 Å². The van der Waals surface area contributed by atoms with Crippen LogP contribution in [-0.2, 0) is 23.3 Å². The number of carbonyl (C=O) groups excluding carboxylic acids is 4. The van der Waals surface area contributed by atoms with E-state index in [1.165, 1.54) is 37.4 Å². The molecule has 11 heteroatoms. The molecule has 0 N–H and O–H groups in total. The third kappa shape index (κ3) is 4.98. The first-order valence-corrected chi connectivity index (χ1v) is 8.62. The van der Waals surface area contributed by atoms with Crippen LogP contribution in [0.2, 0.25) is 13.1 Å². The molecule has 0 spiro atoms. The zero-order chi connectivity index (χ0) is 13.4. The number of hydrogen-bond acceptors (Lipinski definition) is 9. The summed E-state index contributed by atoms with van der Waals surface area (Å²) in [4.78, 5) is 40.7. The molecule has 17 heavy (non-hydrogen) atoms. The molecule has 0 fully saturated rings. The maximum atomic E-state index is 10.2. The number of hydrogen-bond donors (Lipinski definition) is 0. The summed E-state index contributed by atoms with van der Waals surface area (Å²) >= 11 is 0. The molecule has 0 rings (SSSR count). The van der Waals surface area contributed by atoms with E-state index in [4.69, 9.17) is 4.12 Å². The minimum atomic E-state index is -3.54. The second-order valence-electron chi connectivity index (χ2n) is 2.78. The second kappa shape index (κ2) is 6.49. The van der Waals surface area contributed by atoms with Crippen molar-refractivity contribution in [2.75, 3.05) is 0 Å². The van der Waals surface area contributed by atoms with E-state index < -0.39 is 17.3 Å². The Morgan fingerprint density at radius 2 is 0.941 bits per heavy atom. The van der Waals surface area contributed by atoms with Crippen molar-refractivity contribution in [3.63, 3.8) is 0 Å². The highest BCUT2D eigenvalue weighted by Crippen LogP contribution is 2.17. The Bertz CT molecular complexity index is 403. The Morgan fingerprint density at radius 3 is 1.12 bits per heavy atom. The Hall–Kier alpha value is -2.09. The van der Waals surface area contributed by atoms with Crippen molar-refractivity contribution in [2.24, 2.45) is 18.6 Å². The summed E-state index contributed by atoms with van der Waals surface area (Å²) in [6.45, 7) is 2.49. The molecule has 0 amide bonds. The van der Waals surface area contributed by atoms with Gasteiger partial charge in [0.05, 0.1) is 0 Å². The van der Waals surface area contributed by atoms with Crippen LogP contribution in [0, 0.1) is 0 Å². The first-order valence-electron chi connectivity index (χ1n) is 4.01. The zero-order valence-electron chi connectivity index (χ0n) is 8.83. The maximum Gasteiger partial charge on any atom is 0.467 e. The molecule has 0 bridgehead atoms. The SMILES string of the molecule is C[Si](N=C=O)(N=C=O)O[Si](C)(N=C=O)N=C=O. The van der Waals surface area contributed by atoms with Gasteiger partial charge in [0.25, 0.3) is 0 Å². The summed E-state index contributed by atoms with van der Waals surface area (Å²) in [6, 6.07) is 0. The molecule has 0 aromatic carbocycles. The highest BCUT2D eigenvalue weighted by molar-refractivity contribution is 6.83. The van der Waals surface area contributed by atoms with Crippen LogP contribution < -0.4 is 0 Å². The lowest BCUT2D eigenvalue weighted by molar-refractivity contribution is 0.520. The molecule has 0 atom stereocenters. The molecular weight excluding hydrogens is 264 g/mol. The lowest BCUT2D eigenvalue weighted by Gasteiger charge is -2.20. The molecule has 0 heterocycles. The standard InChI is InChI=1S/C6H6N4O5Si2/c1-16(7-3-11,8-4-12)15-17(2,9-5-13)10-6-14/h1-2H3. The van der Waals surface area contributed by atoms with E-state index in [1.54, 1.807) is 0 Å². The fraction of sp³-hybridized carbons (Fsp3) is 0.333. The lowest BCUT2D eigenvalue weighted by atomic mass is 11.7. The predicted octanol–water partition coefficient (Wildman–Crippen LogP) is -0.516. The molecular formula is C6H6N4O5Si2. The third-order valence-corrected chi connectivity index (χ3v) is 6.52. The molecule has 0 unspecified atom stereocenters. The van der Waals surface area contributed by atoms with Crippen molar-refractivity contribution in [3.8, 4) is 0 Å². The molecule has 0 aliphatic carbocycles. The van der Waals surface area contributed by atoms with E-state index in [1.807, 2.05) is 0 Å². The Kier molecular flexibility index (Phi) is 5.69. The summed E-state index contributed by atoms with van der Waals surface area (Å²) < 4.78 is 18.1. The van der Waals surface area contributed by atoms with Gasteiger partial charge in [-0.15, -0.1) is 0 Å². The van der Waals surface area contributed by atoms with Gasteiger partial charge in [-0.05, 0) is 13.1 Å². The van der Waals surface area contributed by atoms with Gasteiger partial charge < -0.3 is 4.12 Å². The maximum absolute atomic E-state index is 10.2. The van der Waals surface area contributed by atoms with E-state index in [-0.39, 0.29) is 0 Å². The van der Waals surface area contributed by atoms with Crippen molar-refractivity contribution in [3.05, 3.63) is 0 Å². The van der Waals surface area contributed by atoms with Crippen LogP contribution in [0.4, 0.5) is 0 Å². The van der Waals surface area contributed by atoms with Crippen LogP contribution in [0.15, 0.2) is 18.6 Å². The molecule has 0 aromatic heterocycles. The van der Waals surface area contributed by atoms with E-state index in [9.17, 15) is 19.2 Å². The Labute approximate surface area is 97.2 Å². The second-order valence-corrected chi connectivity index (χ2v) is 8.23. The summed E-state index contributed by atoms with van der Waals surface area (Å²) in [5.74, 6) is 0. The largest absolute Gasteiger partial charge is 0.467 e. The van der Waals surface area contributed by atoms with Gasteiger partial charge >= 0.3 is 17.3 Å². The smallest absolute Gasteiger partial charge is 0.386 e. The van der Waals surface area contributed by atoms with Gasteiger partial charge in [-0.1, -0.05) is 0 Å². The summed E-state index contributed by atoms with van der Waals surface area (Å²) in [6.07, 6.45) is 4.72. The normalized spacial score (nSPS) is 15.6. The average Bonchev–Trinajstić information content (AvgIpc) is 2.17. The molecule has 0 aliphatic rings. The van der Waals surface area contributed by atoms with Crippen LogP contribution in [0.25, 0.3) is 0 Å². The van der Waals surface area contributed by atoms with Crippen LogP contribution >= 0.6 is 0 Å². The minimum Gasteiger partial charge on any atom is -0.386 e. The van der Waals surface area contributed by atoms with E-state index in [2.05, 4.69) is 18.6 Å². The quantitative estimate of drug-likeness (QED) is 0.364. The first kappa shape index (κ1) is 14.9. The highest BCUT2D eigenvalue weighted by Gasteiger charge is 2.44. The molecule has 9 nitrogen and oxygen atoms in total. The van der Waals surface area contributed by atoms with E-state index >= 15 is 0 Å². The summed E-state index contributed by atoms with van der Waals surface area (Å²) in [5, 5.41) is 0. The summed E-state index contributed by atoms with van der Waals surface area (Å²) in [7, 11) is -7.08. The minimum absolute atomic E-state index is 1.18. The zero-order valence-corrected chi connectivity index (χ0v) is 10.8. The molecule has 0 aromatic rings. The molecule has 0 radical (unpaired) electrons. The first-order chi connectivity index (χ1) is 7.95. The van der Waals surface area contributed by atoms with Crippen LogP contribution in [0.3, 0.4) is 0 Å². The van der Waals surface area contributed by atoms with E-state index in [0.717, 1.165) is 0 Å². The highest BCUT2D eigenvalue weighted by atomic mass is 28.4. The molecule has 88 valence electrons. The number of rotatable bonds is 6. The van der Waals surface area contributed by atoms with Crippen molar-refractivity contribution < 1.29 is 23.3 Å². The Morgan fingerprint density at radius 1 is 0.706 bits per heavy atom. The number of nitrogens with zero attached hydrogens (tertiary/aromatic N) is 4. The van der Waals surface area contributed by atoms with Gasteiger partial charge in [0.15, 0.2) is 0 Å². The molecule has 0 saturated heterocycles. The fourth-order valence-corrected chi connectivity index (χ4v) is 5.28. The average molecular weight is 270 g/mol. The van der Waals surface area contributed by atoms with Gasteiger partial charge in [-0.25, -0.2) is 19.2 Å². The van der Waals surface area contributed by atoms with Crippen molar-refractivity contribution in [1.29, 1.82) is 0 Å². The Balaban J connectivity index is 5.48. The van der Waals surface area contributed by atoms with Gasteiger partial charge in [0, 0.05) is 0 Å². The third-order valence-electron chi connectivity index (χ3n) is 1.40. The lowest BCUT2D eigenvalue weighted by Crippen LogP contribution is -2.44. The van der Waals surface area contributed by atoms with Gasteiger partial charge in [-0.2, -0.15) is 18.6 Å². The fourth-order valence-electron chi connectivity index (χ4n) is 0.846. The van der Waals surface area contributed by atoms with Crippen molar-refractivity contribution >= 4 is 41.6 Å². The van der Waals surface area contributed by atoms with Crippen LogP contribution in [0.1, 0.15) is 0 Å². The van der Waals surface area contributed by atoms with Crippen molar-refractivity contribution in [1.82, 2.24) is 0 Å². The molecule has 0 saturated carbocycles.